The number of carbonyl (C=O) groups excluding carboxylic acids is 1. The molecule has 0 saturated heterocycles. The average Bonchev–Trinajstić information content (AvgIpc) is 3.32. The van der Waals surface area contributed by atoms with Crippen molar-refractivity contribution in [3.63, 3.8) is 0 Å². The van der Waals surface area contributed by atoms with Crippen molar-refractivity contribution in [3.05, 3.63) is 97.4 Å². The Kier molecular flexibility index (Phi) is 8.95. The van der Waals surface area contributed by atoms with Gasteiger partial charge in [0, 0.05) is 22.6 Å². The predicted octanol–water partition coefficient (Wildman–Crippen LogP) is 6.27. The summed E-state index contributed by atoms with van der Waals surface area (Å²) in [6, 6.07) is 13.7. The van der Waals surface area contributed by atoms with E-state index in [9.17, 15) is 25.4 Å². The van der Waals surface area contributed by atoms with Crippen LogP contribution in [-0.2, 0) is 30.7 Å². The van der Waals surface area contributed by atoms with Gasteiger partial charge in [0.05, 0.1) is 17.6 Å². The lowest BCUT2D eigenvalue weighted by Gasteiger charge is -2.16. The Hall–Kier alpha value is -4.93. The topological polar surface area (TPSA) is 138 Å². The molecule has 2 aromatic carbocycles. The molecule has 202 valence electrons. The number of nitriles is 2. The maximum atomic E-state index is 13.1. The lowest BCUT2D eigenvalue weighted by atomic mass is 9.96. The number of ether oxygens (including phenoxy) is 2. The zero-order valence-corrected chi connectivity index (χ0v) is 22.7. The van der Waals surface area contributed by atoms with Gasteiger partial charge in [0.25, 0.3) is 11.6 Å². The van der Waals surface area contributed by atoms with Gasteiger partial charge in [-0.1, -0.05) is 6.08 Å². The first-order valence-corrected chi connectivity index (χ1v) is 13.4. The fraction of sp³-hybridized carbons (Fsp3) is 0.233. The number of anilines is 1. The molecule has 1 aromatic heterocycles. The number of carbonyl (C=O) groups is 1. The van der Waals surface area contributed by atoms with Crippen LogP contribution in [0.25, 0.3) is 6.08 Å². The van der Waals surface area contributed by atoms with Crippen molar-refractivity contribution in [2.45, 2.75) is 38.7 Å². The van der Waals surface area contributed by atoms with Crippen molar-refractivity contribution >= 4 is 34.0 Å². The fourth-order valence-electron chi connectivity index (χ4n) is 4.52. The lowest BCUT2D eigenvalue weighted by Crippen LogP contribution is -2.13. The Labute approximate surface area is 235 Å². The maximum absolute atomic E-state index is 13.1. The third kappa shape index (κ3) is 6.20. The lowest BCUT2D eigenvalue weighted by molar-refractivity contribution is -0.384. The molecule has 0 radical (unpaired) electrons. The van der Waals surface area contributed by atoms with E-state index in [1.54, 1.807) is 30.3 Å². The summed E-state index contributed by atoms with van der Waals surface area (Å²) < 4.78 is 11.6. The number of nitro benzene ring substituents is 1. The van der Waals surface area contributed by atoms with Crippen molar-refractivity contribution in [3.8, 4) is 23.6 Å². The highest BCUT2D eigenvalue weighted by atomic mass is 32.1. The number of methoxy groups -OCH3 is 1. The smallest absolute Gasteiger partial charge is 0.269 e. The second-order valence-electron chi connectivity index (χ2n) is 9.07. The minimum Gasteiger partial charge on any atom is -0.493 e. The standard InChI is InChI=1S/C30H26N4O5S/c1-3-6-21-13-20(15-26(38-2)28(21)39-18-19-9-11-23(12-10-19)34(36)37)14-22(16-31)29(35)33-30-25(17-32)24-7-4-5-8-27(24)40-30/h3,9-15H,1,4-8,18H2,2H3,(H,33,35)/b22-14+. The molecule has 3 aromatic rings. The van der Waals surface area contributed by atoms with Crippen molar-refractivity contribution in [2.75, 3.05) is 12.4 Å². The predicted molar refractivity (Wildman–Crippen MR) is 152 cm³/mol. The second kappa shape index (κ2) is 12.7. The van der Waals surface area contributed by atoms with Gasteiger partial charge in [0.15, 0.2) is 11.5 Å². The molecule has 0 fully saturated rings. The third-order valence-corrected chi connectivity index (χ3v) is 7.66. The number of nitrogens with zero attached hydrogens (tertiary/aromatic N) is 3. The third-order valence-electron chi connectivity index (χ3n) is 6.45. The molecule has 0 saturated carbocycles. The van der Waals surface area contributed by atoms with Crippen molar-refractivity contribution < 1.29 is 19.2 Å². The molecule has 0 aliphatic heterocycles. The van der Waals surface area contributed by atoms with E-state index in [-0.39, 0.29) is 17.9 Å². The number of rotatable bonds is 10. The first-order chi connectivity index (χ1) is 19.4. The van der Waals surface area contributed by atoms with Crippen LogP contribution in [0.15, 0.2) is 54.6 Å². The largest absolute Gasteiger partial charge is 0.493 e. The van der Waals surface area contributed by atoms with E-state index in [1.165, 1.54) is 36.7 Å². The van der Waals surface area contributed by atoms with Gasteiger partial charge in [-0.15, -0.1) is 17.9 Å². The Bertz CT molecular complexity index is 1580. The zero-order valence-electron chi connectivity index (χ0n) is 21.9. The van der Waals surface area contributed by atoms with Gasteiger partial charge in [-0.05, 0) is 79.1 Å². The molecule has 1 amide bonds. The number of allylic oxidation sites excluding steroid dienone is 1. The van der Waals surface area contributed by atoms with Crippen LogP contribution in [0.3, 0.4) is 0 Å². The highest BCUT2D eigenvalue weighted by molar-refractivity contribution is 7.16. The monoisotopic (exact) mass is 554 g/mol. The molecule has 0 bridgehead atoms. The molecule has 4 rings (SSSR count). The van der Waals surface area contributed by atoms with E-state index in [2.05, 4.69) is 18.0 Å². The number of hydrogen-bond donors (Lipinski definition) is 1. The molecule has 10 heteroatoms. The Morgan fingerprint density at radius 2 is 1.98 bits per heavy atom. The molecule has 40 heavy (non-hydrogen) atoms. The second-order valence-corrected chi connectivity index (χ2v) is 10.2. The van der Waals surface area contributed by atoms with Crippen LogP contribution in [-0.4, -0.2) is 17.9 Å². The Balaban J connectivity index is 1.59. The first kappa shape index (κ1) is 28.1. The number of fused-ring (bicyclic) bond motifs is 1. The number of amides is 1. The molecule has 0 atom stereocenters. The number of non-ortho nitro benzene ring substituents is 1. The molecule has 0 spiro atoms. The molecule has 1 aliphatic rings. The van der Waals surface area contributed by atoms with E-state index >= 15 is 0 Å². The number of hydrogen-bond acceptors (Lipinski definition) is 8. The summed E-state index contributed by atoms with van der Waals surface area (Å²) in [4.78, 5) is 24.6. The molecule has 1 N–H and O–H groups in total. The highest BCUT2D eigenvalue weighted by Crippen LogP contribution is 2.38. The van der Waals surface area contributed by atoms with Crippen LogP contribution in [0.5, 0.6) is 11.5 Å². The van der Waals surface area contributed by atoms with Crippen LogP contribution >= 0.6 is 11.3 Å². The Morgan fingerprint density at radius 1 is 1.23 bits per heavy atom. The summed E-state index contributed by atoms with van der Waals surface area (Å²) in [7, 11) is 1.49. The van der Waals surface area contributed by atoms with Crippen molar-refractivity contribution in [1.29, 1.82) is 10.5 Å². The van der Waals surface area contributed by atoms with Gasteiger partial charge in [0.2, 0.25) is 0 Å². The highest BCUT2D eigenvalue weighted by Gasteiger charge is 2.23. The number of nitrogens with one attached hydrogen (secondary N) is 1. The molecule has 1 heterocycles. The van der Waals surface area contributed by atoms with Crippen LogP contribution in [0.4, 0.5) is 10.7 Å². The maximum Gasteiger partial charge on any atom is 0.269 e. The molecular weight excluding hydrogens is 528 g/mol. The van der Waals surface area contributed by atoms with Crippen molar-refractivity contribution in [1.82, 2.24) is 0 Å². The number of aryl methyl sites for hydroxylation is 1. The Morgan fingerprint density at radius 3 is 2.62 bits per heavy atom. The fourth-order valence-corrected chi connectivity index (χ4v) is 5.75. The van der Waals surface area contributed by atoms with Gasteiger partial charge >= 0.3 is 0 Å². The van der Waals surface area contributed by atoms with E-state index < -0.39 is 10.8 Å². The SMILES string of the molecule is C=CCc1cc(/C=C(\C#N)C(=O)Nc2sc3c(c2C#N)CCCC3)cc(OC)c1OCc1ccc([N+](=O)[O-])cc1. The van der Waals surface area contributed by atoms with Gasteiger partial charge in [-0.3, -0.25) is 14.9 Å². The van der Waals surface area contributed by atoms with Crippen LogP contribution < -0.4 is 14.8 Å². The van der Waals surface area contributed by atoms with Gasteiger partial charge < -0.3 is 14.8 Å². The number of benzene rings is 2. The zero-order chi connectivity index (χ0) is 28.6. The van der Waals surface area contributed by atoms with Gasteiger partial charge in [-0.2, -0.15) is 10.5 Å². The minimum absolute atomic E-state index is 0.00956. The number of thiophene rings is 1. The summed E-state index contributed by atoms with van der Waals surface area (Å²) in [6.07, 6.45) is 7.35. The molecule has 1 aliphatic carbocycles. The normalized spacial score (nSPS) is 12.4. The summed E-state index contributed by atoms with van der Waals surface area (Å²) in [6.45, 7) is 3.95. The van der Waals surface area contributed by atoms with E-state index in [0.29, 0.717) is 34.0 Å². The van der Waals surface area contributed by atoms with Gasteiger partial charge in [-0.25, -0.2) is 0 Å². The summed E-state index contributed by atoms with van der Waals surface area (Å²) in [5.41, 5.74) is 3.35. The summed E-state index contributed by atoms with van der Waals surface area (Å²) >= 11 is 1.40. The first-order valence-electron chi connectivity index (χ1n) is 12.5. The van der Waals surface area contributed by atoms with Crippen LogP contribution in [0, 0.1) is 32.8 Å². The quantitative estimate of drug-likeness (QED) is 0.102. The summed E-state index contributed by atoms with van der Waals surface area (Å²) in [5, 5.41) is 33.6. The van der Waals surface area contributed by atoms with Crippen LogP contribution in [0.2, 0.25) is 0 Å². The van der Waals surface area contributed by atoms with Gasteiger partial charge in [0.1, 0.15) is 29.3 Å². The molecule has 0 unspecified atom stereocenters. The van der Waals surface area contributed by atoms with E-state index in [4.69, 9.17) is 9.47 Å². The van der Waals surface area contributed by atoms with E-state index in [1.807, 2.05) is 6.07 Å². The van der Waals surface area contributed by atoms with Crippen LogP contribution in [0.1, 0.15) is 45.5 Å². The molecular formula is C30H26N4O5S. The van der Waals surface area contributed by atoms with Crippen molar-refractivity contribution in [2.24, 2.45) is 0 Å². The van der Waals surface area contributed by atoms with E-state index in [0.717, 1.165) is 47.3 Å². The number of nitro groups is 1. The average molecular weight is 555 g/mol. The minimum atomic E-state index is -0.597. The summed E-state index contributed by atoms with van der Waals surface area (Å²) in [5.74, 6) is 0.256. The molecule has 9 nitrogen and oxygen atoms in total.